The van der Waals surface area contributed by atoms with Crippen LogP contribution >= 0.6 is 23.5 Å². The van der Waals surface area contributed by atoms with Crippen LogP contribution in [0.5, 0.6) is 0 Å². The maximum Gasteiger partial charge on any atom is 0.490 e. The number of aromatic nitrogens is 2. The maximum absolute atomic E-state index is 13.4. The number of phosphoric ester groups is 1. The monoisotopic (exact) mass is 502 g/mol. The third-order valence-corrected chi connectivity index (χ3v) is 7.16. The second-order valence-electron chi connectivity index (χ2n) is 5.58. The van der Waals surface area contributed by atoms with Crippen molar-refractivity contribution in [2.45, 2.75) is 24.5 Å². The molecular formula is C9H14FN2O15P3. The van der Waals surface area contributed by atoms with Gasteiger partial charge in [-0.25, -0.2) is 18.5 Å². The molecule has 0 saturated carbocycles. The van der Waals surface area contributed by atoms with Crippen molar-refractivity contribution in [3.8, 4) is 0 Å². The number of phosphoric acid groups is 3. The van der Waals surface area contributed by atoms with Gasteiger partial charge in [-0.05, 0) is 0 Å². The Morgan fingerprint density at radius 2 is 1.67 bits per heavy atom. The summed E-state index contributed by atoms with van der Waals surface area (Å²) < 4.78 is 63.4. The molecular weight excluding hydrogens is 488 g/mol. The molecule has 1 aliphatic rings. The average Bonchev–Trinajstić information content (AvgIpc) is 2.81. The van der Waals surface area contributed by atoms with Crippen LogP contribution in [0.4, 0.5) is 4.39 Å². The topological polar surface area (TPSA) is 264 Å². The first kappa shape index (κ1) is 25.2. The molecule has 21 heteroatoms. The van der Waals surface area contributed by atoms with Gasteiger partial charge < -0.3 is 34.5 Å². The van der Waals surface area contributed by atoms with Gasteiger partial charge in [0.05, 0.1) is 12.8 Å². The molecule has 0 radical (unpaired) electrons. The lowest BCUT2D eigenvalue weighted by Crippen LogP contribution is -2.38. The van der Waals surface area contributed by atoms with E-state index < -0.39 is 71.7 Å². The molecule has 2 rings (SSSR count). The van der Waals surface area contributed by atoms with E-state index in [0.29, 0.717) is 10.8 Å². The van der Waals surface area contributed by atoms with Crippen molar-refractivity contribution in [1.29, 1.82) is 0 Å². The van der Waals surface area contributed by atoms with Crippen LogP contribution < -0.4 is 11.2 Å². The van der Waals surface area contributed by atoms with E-state index in [0.717, 1.165) is 0 Å². The van der Waals surface area contributed by atoms with Crippen molar-refractivity contribution < 1.29 is 65.8 Å². The Morgan fingerprint density at radius 3 is 2.23 bits per heavy atom. The zero-order valence-electron chi connectivity index (χ0n) is 14.1. The number of hydrogen-bond donors (Lipinski definition) is 7. The summed E-state index contributed by atoms with van der Waals surface area (Å²) in [5.41, 5.74) is -2.60. The fourth-order valence-electron chi connectivity index (χ4n) is 2.22. The second kappa shape index (κ2) is 8.80. The Bertz CT molecular complexity index is 1050. The van der Waals surface area contributed by atoms with Crippen LogP contribution in [-0.2, 0) is 31.6 Å². The second-order valence-corrected chi connectivity index (χ2v) is 10.00. The van der Waals surface area contributed by atoms with Crippen molar-refractivity contribution >= 4 is 23.5 Å². The molecule has 1 saturated heterocycles. The highest BCUT2D eigenvalue weighted by Crippen LogP contribution is 2.66. The van der Waals surface area contributed by atoms with E-state index in [2.05, 4.69) is 13.1 Å². The van der Waals surface area contributed by atoms with Gasteiger partial charge in [-0.1, -0.05) is 0 Å². The van der Waals surface area contributed by atoms with Crippen LogP contribution in [-0.4, -0.2) is 64.3 Å². The number of aromatic amines is 1. The fourth-order valence-corrected chi connectivity index (χ4v) is 5.25. The fraction of sp³-hybridized carbons (Fsp3) is 0.556. The lowest BCUT2D eigenvalue weighted by atomic mass is 10.1. The van der Waals surface area contributed by atoms with Gasteiger partial charge in [0.2, 0.25) is 5.82 Å². The molecule has 0 spiro atoms. The highest BCUT2D eigenvalue weighted by Gasteiger charge is 2.46. The van der Waals surface area contributed by atoms with Crippen LogP contribution in [0, 0.1) is 5.82 Å². The average molecular weight is 502 g/mol. The Kier molecular flexibility index (Phi) is 7.38. The molecule has 0 bridgehead atoms. The molecule has 172 valence electrons. The van der Waals surface area contributed by atoms with Gasteiger partial charge >= 0.3 is 29.2 Å². The predicted molar refractivity (Wildman–Crippen MR) is 87.0 cm³/mol. The van der Waals surface area contributed by atoms with E-state index in [4.69, 9.17) is 19.4 Å². The van der Waals surface area contributed by atoms with E-state index in [-0.39, 0.29) is 0 Å². The first-order valence-electron chi connectivity index (χ1n) is 7.32. The summed E-state index contributed by atoms with van der Waals surface area (Å²) in [7, 11) is -16.9. The van der Waals surface area contributed by atoms with Crippen LogP contribution in [0.25, 0.3) is 0 Å². The number of halogens is 1. The molecule has 1 aromatic rings. The minimum absolute atomic E-state index is 0.368. The molecule has 7 N–H and O–H groups in total. The number of ether oxygens (including phenoxy) is 1. The Labute approximate surface area is 163 Å². The van der Waals surface area contributed by atoms with E-state index in [1.54, 1.807) is 4.98 Å². The van der Waals surface area contributed by atoms with Gasteiger partial charge in [0.25, 0.3) is 5.56 Å². The van der Waals surface area contributed by atoms with Crippen molar-refractivity contribution in [1.82, 2.24) is 9.55 Å². The molecule has 0 aromatic carbocycles. The number of nitrogens with one attached hydrogen (secondary N) is 1. The zero-order valence-corrected chi connectivity index (χ0v) is 16.8. The number of H-pyrrole nitrogens is 1. The standard InChI is InChI=1S/C9H14FN2O15P3/c10-3-1-12(9(16)11-7(3)15)8-6(14)5(13)4(25-8)2-24-29(20,21)27-30(22,23)26-28(17,18)19/h1,4-6,8,13-14H,2H2,(H,20,21)(H,22,23)(H,11,15,16)(H2,17,18,19)/t4-,5-,6-,8-/m1/s1. The first-order chi connectivity index (χ1) is 13.5. The van der Waals surface area contributed by atoms with Gasteiger partial charge in [-0.15, -0.1) is 0 Å². The van der Waals surface area contributed by atoms with Gasteiger partial charge in [0, 0.05) is 0 Å². The predicted octanol–water partition coefficient (Wildman–Crippen LogP) is -2.36. The minimum atomic E-state index is -5.78. The molecule has 30 heavy (non-hydrogen) atoms. The highest BCUT2D eigenvalue weighted by atomic mass is 31.3. The van der Waals surface area contributed by atoms with Crippen molar-refractivity contribution in [3.63, 3.8) is 0 Å². The van der Waals surface area contributed by atoms with E-state index in [9.17, 15) is 42.8 Å². The van der Waals surface area contributed by atoms with Gasteiger partial charge in [-0.3, -0.25) is 18.9 Å². The SMILES string of the molecule is O=c1[nH]c(=O)n([C@@H]2O[C@H](COP(=O)(O)OP(=O)(O)OP(=O)(O)O)[C@@H](O)[C@H]2O)cc1F. The molecule has 1 fully saturated rings. The smallest absolute Gasteiger partial charge is 0.387 e. The quantitative estimate of drug-likeness (QED) is 0.183. The molecule has 2 unspecified atom stereocenters. The molecule has 1 aromatic heterocycles. The summed E-state index contributed by atoms with van der Waals surface area (Å²) in [5, 5.41) is 19.9. The molecule has 2 heterocycles. The summed E-state index contributed by atoms with van der Waals surface area (Å²) in [6, 6.07) is 0. The number of nitrogens with zero attached hydrogens (tertiary/aromatic N) is 1. The van der Waals surface area contributed by atoms with Crippen molar-refractivity contribution in [3.05, 3.63) is 32.9 Å². The first-order valence-corrected chi connectivity index (χ1v) is 11.8. The van der Waals surface area contributed by atoms with Crippen molar-refractivity contribution in [2.75, 3.05) is 6.61 Å². The van der Waals surface area contributed by atoms with Crippen LogP contribution in [0.3, 0.4) is 0 Å². The Hall–Kier alpha value is -1.10. The highest BCUT2D eigenvalue weighted by molar-refractivity contribution is 7.66. The van der Waals surface area contributed by atoms with Gasteiger partial charge in [-0.2, -0.15) is 13.0 Å². The number of hydrogen-bond acceptors (Lipinski definition) is 11. The summed E-state index contributed by atoms with van der Waals surface area (Å²) in [4.78, 5) is 59.5. The normalized spacial score (nSPS) is 28.8. The number of aliphatic hydroxyl groups excluding tert-OH is 2. The molecule has 0 aliphatic carbocycles. The van der Waals surface area contributed by atoms with Crippen LogP contribution in [0.15, 0.2) is 15.8 Å². The Morgan fingerprint density at radius 1 is 1.07 bits per heavy atom. The van der Waals surface area contributed by atoms with Crippen LogP contribution in [0.2, 0.25) is 0 Å². The van der Waals surface area contributed by atoms with E-state index in [1.165, 1.54) is 0 Å². The number of aliphatic hydroxyl groups is 2. The third-order valence-electron chi connectivity index (χ3n) is 3.35. The van der Waals surface area contributed by atoms with Crippen molar-refractivity contribution in [2.24, 2.45) is 0 Å². The summed E-state index contributed by atoms with van der Waals surface area (Å²) in [6.45, 7) is -1.14. The molecule has 1 aliphatic heterocycles. The molecule has 17 nitrogen and oxygen atoms in total. The summed E-state index contributed by atoms with van der Waals surface area (Å²) >= 11 is 0. The summed E-state index contributed by atoms with van der Waals surface area (Å²) in [5.74, 6) is -1.43. The lowest BCUT2D eigenvalue weighted by Gasteiger charge is -2.19. The third kappa shape index (κ3) is 6.45. The van der Waals surface area contributed by atoms with Gasteiger partial charge in [0.15, 0.2) is 6.23 Å². The lowest BCUT2D eigenvalue weighted by molar-refractivity contribution is -0.0546. The Balaban J connectivity index is 2.09. The number of rotatable bonds is 8. The zero-order chi connectivity index (χ0) is 23.1. The van der Waals surface area contributed by atoms with Crippen LogP contribution in [0.1, 0.15) is 6.23 Å². The summed E-state index contributed by atoms with van der Waals surface area (Å²) in [6.07, 6.45) is -6.95. The molecule has 0 amide bonds. The van der Waals surface area contributed by atoms with Gasteiger partial charge in [0.1, 0.15) is 18.3 Å². The van der Waals surface area contributed by atoms with E-state index >= 15 is 0 Å². The molecule has 6 atom stereocenters. The van der Waals surface area contributed by atoms with E-state index in [1.807, 2.05) is 0 Å². The largest absolute Gasteiger partial charge is 0.490 e. The maximum atomic E-state index is 13.4. The minimum Gasteiger partial charge on any atom is -0.387 e.